The number of hydrogen-bond donors (Lipinski definition) is 3. The number of amides is 2. The number of nitrogens with one attached hydrogen (secondary N) is 2. The molecule has 0 heterocycles. The van der Waals surface area contributed by atoms with E-state index in [1.807, 2.05) is 31.2 Å². The Kier molecular flexibility index (Phi) is 6.34. The number of phenols is 1. The van der Waals surface area contributed by atoms with E-state index in [9.17, 15) is 14.7 Å². The van der Waals surface area contributed by atoms with Crippen molar-refractivity contribution in [1.29, 1.82) is 0 Å². The van der Waals surface area contributed by atoms with E-state index in [2.05, 4.69) is 10.6 Å². The highest BCUT2D eigenvalue weighted by Gasteiger charge is 2.08. The van der Waals surface area contributed by atoms with E-state index in [0.717, 1.165) is 4.90 Å². The van der Waals surface area contributed by atoms with Gasteiger partial charge >= 0.3 is 0 Å². The summed E-state index contributed by atoms with van der Waals surface area (Å²) < 4.78 is 0. The zero-order valence-corrected chi connectivity index (χ0v) is 16.1. The molecule has 2 amide bonds. The molecule has 0 aliphatic carbocycles. The van der Waals surface area contributed by atoms with Crippen LogP contribution in [0, 0.1) is 6.92 Å². The molecule has 0 bridgehead atoms. The van der Waals surface area contributed by atoms with Gasteiger partial charge in [0.05, 0.1) is 5.75 Å². The highest BCUT2D eigenvalue weighted by atomic mass is 32.2. The Morgan fingerprint density at radius 3 is 2.29 bits per heavy atom. The van der Waals surface area contributed by atoms with Crippen LogP contribution in [0.2, 0.25) is 0 Å². The molecule has 3 aromatic carbocycles. The molecule has 5 nitrogen and oxygen atoms in total. The van der Waals surface area contributed by atoms with Crippen LogP contribution in [0.15, 0.2) is 77.7 Å². The van der Waals surface area contributed by atoms with Crippen molar-refractivity contribution >= 4 is 35.0 Å². The van der Waals surface area contributed by atoms with Crippen molar-refractivity contribution in [1.82, 2.24) is 0 Å². The third kappa shape index (κ3) is 5.62. The molecular formula is C22H20N2O3S. The maximum atomic E-state index is 12.3. The van der Waals surface area contributed by atoms with Crippen molar-refractivity contribution in [3.05, 3.63) is 83.9 Å². The molecule has 3 N–H and O–H groups in total. The second kappa shape index (κ2) is 9.10. The lowest BCUT2D eigenvalue weighted by Gasteiger charge is -2.08. The smallest absolute Gasteiger partial charge is 0.255 e. The number of aryl methyl sites for hydroxylation is 1. The zero-order chi connectivity index (χ0) is 19.9. The number of rotatable bonds is 6. The number of hydrogen-bond acceptors (Lipinski definition) is 4. The molecule has 0 aromatic heterocycles. The molecular weight excluding hydrogens is 372 g/mol. The number of carbonyl (C=O) groups excluding carboxylic acids is 2. The maximum absolute atomic E-state index is 12.3. The molecule has 28 heavy (non-hydrogen) atoms. The molecule has 142 valence electrons. The monoisotopic (exact) mass is 392 g/mol. The van der Waals surface area contributed by atoms with Crippen LogP contribution in [0.4, 0.5) is 11.4 Å². The lowest BCUT2D eigenvalue weighted by atomic mass is 10.2. The summed E-state index contributed by atoms with van der Waals surface area (Å²) in [6.07, 6.45) is 0. The van der Waals surface area contributed by atoms with E-state index < -0.39 is 0 Å². The van der Waals surface area contributed by atoms with Crippen LogP contribution in [0.25, 0.3) is 0 Å². The largest absolute Gasteiger partial charge is 0.508 e. The second-order valence-corrected chi connectivity index (χ2v) is 7.28. The van der Waals surface area contributed by atoms with Gasteiger partial charge in [-0.15, -0.1) is 11.8 Å². The zero-order valence-electron chi connectivity index (χ0n) is 15.3. The van der Waals surface area contributed by atoms with Crippen LogP contribution >= 0.6 is 11.8 Å². The standard InChI is InChI=1S/C22H20N2O3S/c1-15-5-11-20(12-6-15)28-14-21(26)23-17-9-7-16(8-10-17)22(27)24-18-3-2-4-19(25)13-18/h2-13,25H,14H2,1H3,(H,23,26)(H,24,27). The highest BCUT2D eigenvalue weighted by molar-refractivity contribution is 8.00. The van der Waals surface area contributed by atoms with Gasteiger partial charge in [-0.1, -0.05) is 23.8 Å². The van der Waals surface area contributed by atoms with Crippen molar-refractivity contribution in [3.8, 4) is 5.75 Å². The Labute approximate surface area is 167 Å². The summed E-state index contributed by atoms with van der Waals surface area (Å²) in [5, 5.41) is 15.0. The number of carbonyl (C=O) groups is 2. The number of anilines is 2. The minimum Gasteiger partial charge on any atom is -0.508 e. The predicted octanol–water partition coefficient (Wildman–Crippen LogP) is 4.68. The Morgan fingerprint density at radius 1 is 0.893 bits per heavy atom. The highest BCUT2D eigenvalue weighted by Crippen LogP contribution is 2.19. The molecule has 0 fully saturated rings. The van der Waals surface area contributed by atoms with Gasteiger partial charge in [-0.2, -0.15) is 0 Å². The first-order valence-corrected chi connectivity index (χ1v) is 9.68. The number of thioether (sulfide) groups is 1. The average Bonchev–Trinajstić information content (AvgIpc) is 2.68. The van der Waals surface area contributed by atoms with Crippen molar-refractivity contribution in [3.63, 3.8) is 0 Å². The topological polar surface area (TPSA) is 78.4 Å². The Balaban J connectivity index is 1.52. The first-order valence-electron chi connectivity index (χ1n) is 8.69. The van der Waals surface area contributed by atoms with Crippen LogP contribution in [-0.4, -0.2) is 22.7 Å². The molecule has 0 aliphatic heterocycles. The third-order valence-corrected chi connectivity index (χ3v) is 4.94. The van der Waals surface area contributed by atoms with Crippen LogP contribution < -0.4 is 10.6 Å². The lowest BCUT2D eigenvalue weighted by molar-refractivity contribution is -0.113. The quantitative estimate of drug-likeness (QED) is 0.532. The summed E-state index contributed by atoms with van der Waals surface area (Å²) in [6.45, 7) is 2.02. The molecule has 3 aromatic rings. The number of phenolic OH excluding ortho intramolecular Hbond substituents is 1. The lowest BCUT2D eigenvalue weighted by Crippen LogP contribution is -2.15. The molecule has 0 aliphatic rings. The van der Waals surface area contributed by atoms with Gasteiger partial charge in [0.25, 0.3) is 5.91 Å². The fourth-order valence-electron chi connectivity index (χ4n) is 2.47. The summed E-state index contributed by atoms with van der Waals surface area (Å²) in [4.78, 5) is 25.4. The first-order chi connectivity index (χ1) is 13.5. The van der Waals surface area contributed by atoms with E-state index in [1.165, 1.54) is 29.5 Å². The molecule has 0 radical (unpaired) electrons. The van der Waals surface area contributed by atoms with Gasteiger partial charge in [0.2, 0.25) is 5.91 Å². The molecule has 0 saturated carbocycles. The fraction of sp³-hybridized carbons (Fsp3) is 0.0909. The average molecular weight is 392 g/mol. The summed E-state index contributed by atoms with van der Waals surface area (Å²) >= 11 is 1.47. The van der Waals surface area contributed by atoms with Gasteiger partial charge in [-0.25, -0.2) is 0 Å². The van der Waals surface area contributed by atoms with Gasteiger partial charge in [-0.3, -0.25) is 9.59 Å². The summed E-state index contributed by atoms with van der Waals surface area (Å²) in [7, 11) is 0. The Hall–Kier alpha value is -3.25. The summed E-state index contributed by atoms with van der Waals surface area (Å²) in [5.41, 5.74) is 2.77. The number of benzene rings is 3. The summed E-state index contributed by atoms with van der Waals surface area (Å²) in [6, 6.07) is 21.0. The van der Waals surface area contributed by atoms with E-state index in [1.54, 1.807) is 36.4 Å². The normalized spacial score (nSPS) is 10.3. The molecule has 3 rings (SSSR count). The van der Waals surface area contributed by atoms with Crippen LogP contribution in [-0.2, 0) is 4.79 Å². The second-order valence-electron chi connectivity index (χ2n) is 6.23. The van der Waals surface area contributed by atoms with Crippen molar-refractivity contribution in [2.45, 2.75) is 11.8 Å². The van der Waals surface area contributed by atoms with Gasteiger partial charge in [0.1, 0.15) is 5.75 Å². The number of aromatic hydroxyl groups is 1. The van der Waals surface area contributed by atoms with Gasteiger partial charge in [0, 0.05) is 27.9 Å². The SMILES string of the molecule is Cc1ccc(SCC(=O)Nc2ccc(C(=O)Nc3cccc(O)c3)cc2)cc1. The molecule has 6 heteroatoms. The van der Waals surface area contributed by atoms with Crippen molar-refractivity contribution in [2.75, 3.05) is 16.4 Å². The van der Waals surface area contributed by atoms with Crippen LogP contribution in [0.3, 0.4) is 0 Å². The van der Waals surface area contributed by atoms with Crippen LogP contribution in [0.5, 0.6) is 5.75 Å². The first kappa shape index (κ1) is 19.5. The van der Waals surface area contributed by atoms with Crippen molar-refractivity contribution in [2.24, 2.45) is 0 Å². The van der Waals surface area contributed by atoms with Crippen LogP contribution in [0.1, 0.15) is 15.9 Å². The van der Waals surface area contributed by atoms with E-state index >= 15 is 0 Å². The van der Waals surface area contributed by atoms with E-state index in [4.69, 9.17) is 0 Å². The van der Waals surface area contributed by atoms with Gasteiger partial charge < -0.3 is 15.7 Å². The minimum absolute atomic E-state index is 0.0827. The van der Waals surface area contributed by atoms with E-state index in [-0.39, 0.29) is 17.6 Å². The Bertz CT molecular complexity index is 970. The third-order valence-electron chi connectivity index (χ3n) is 3.93. The maximum Gasteiger partial charge on any atom is 0.255 e. The Morgan fingerprint density at radius 2 is 1.61 bits per heavy atom. The van der Waals surface area contributed by atoms with E-state index in [0.29, 0.717) is 22.7 Å². The fourth-order valence-corrected chi connectivity index (χ4v) is 3.17. The minimum atomic E-state index is -0.293. The van der Waals surface area contributed by atoms with Gasteiger partial charge in [-0.05, 0) is 55.5 Å². The summed E-state index contributed by atoms with van der Waals surface area (Å²) in [5.74, 6) is -0.0108. The molecule has 0 atom stereocenters. The molecule has 0 saturated heterocycles. The molecule has 0 spiro atoms. The molecule has 0 unspecified atom stereocenters. The predicted molar refractivity (Wildman–Crippen MR) is 113 cm³/mol. The van der Waals surface area contributed by atoms with Gasteiger partial charge in [0.15, 0.2) is 0 Å². The van der Waals surface area contributed by atoms with Crippen molar-refractivity contribution < 1.29 is 14.7 Å².